The van der Waals surface area contributed by atoms with E-state index in [4.69, 9.17) is 5.73 Å². The van der Waals surface area contributed by atoms with Crippen molar-refractivity contribution in [3.8, 4) is 0 Å². The van der Waals surface area contributed by atoms with Crippen molar-refractivity contribution >= 4 is 31.9 Å². The van der Waals surface area contributed by atoms with Gasteiger partial charge < -0.3 is 10.6 Å². The summed E-state index contributed by atoms with van der Waals surface area (Å²) < 4.78 is 27.4. The van der Waals surface area contributed by atoms with Gasteiger partial charge in [0.15, 0.2) is 0 Å². The minimum absolute atomic E-state index is 0.0367. The lowest BCUT2D eigenvalue weighted by Gasteiger charge is -2.30. The number of nitrogens with zero attached hydrogens (tertiary/aromatic N) is 1. The van der Waals surface area contributed by atoms with E-state index in [9.17, 15) is 13.2 Å². The lowest BCUT2D eigenvalue weighted by atomic mass is 10.1. The molecule has 0 spiro atoms. The van der Waals surface area contributed by atoms with Crippen molar-refractivity contribution in [3.05, 3.63) is 28.7 Å². The highest BCUT2D eigenvalue weighted by Gasteiger charge is 2.21. The maximum atomic E-state index is 12.1. The SMILES string of the molecule is NC1CCN(C(=O)CCNS(=O)(=O)c2ccc(Br)cc2)CC1. The van der Waals surface area contributed by atoms with Crippen molar-refractivity contribution in [2.75, 3.05) is 19.6 Å². The van der Waals surface area contributed by atoms with Gasteiger partial charge in [0, 0.05) is 36.6 Å². The van der Waals surface area contributed by atoms with Gasteiger partial charge in [-0.15, -0.1) is 0 Å². The zero-order chi connectivity index (χ0) is 16.2. The Balaban J connectivity index is 1.82. The number of amides is 1. The van der Waals surface area contributed by atoms with Crippen LogP contribution in [-0.4, -0.2) is 44.9 Å². The number of likely N-dealkylation sites (tertiary alicyclic amines) is 1. The van der Waals surface area contributed by atoms with E-state index in [1.54, 1.807) is 17.0 Å². The highest BCUT2D eigenvalue weighted by molar-refractivity contribution is 9.10. The molecule has 1 aliphatic rings. The average molecular weight is 390 g/mol. The van der Waals surface area contributed by atoms with Crippen molar-refractivity contribution < 1.29 is 13.2 Å². The Labute approximate surface area is 139 Å². The predicted octanol–water partition coefficient (Wildman–Crippen LogP) is 1.07. The Bertz CT molecular complexity index is 611. The maximum absolute atomic E-state index is 12.1. The molecule has 3 N–H and O–H groups in total. The second kappa shape index (κ2) is 7.54. The van der Waals surface area contributed by atoms with Crippen LogP contribution in [0.5, 0.6) is 0 Å². The number of nitrogens with two attached hydrogens (primary N) is 1. The first kappa shape index (κ1) is 17.4. The third kappa shape index (κ3) is 4.77. The number of sulfonamides is 1. The topological polar surface area (TPSA) is 92.5 Å². The molecule has 0 aromatic heterocycles. The van der Waals surface area contributed by atoms with E-state index < -0.39 is 10.0 Å². The van der Waals surface area contributed by atoms with Crippen LogP contribution < -0.4 is 10.5 Å². The fourth-order valence-electron chi connectivity index (χ4n) is 2.30. The van der Waals surface area contributed by atoms with Crippen molar-refractivity contribution in [1.82, 2.24) is 9.62 Å². The van der Waals surface area contributed by atoms with E-state index >= 15 is 0 Å². The van der Waals surface area contributed by atoms with Crippen molar-refractivity contribution in [2.24, 2.45) is 5.73 Å². The van der Waals surface area contributed by atoms with Gasteiger partial charge in [-0.1, -0.05) is 15.9 Å². The second-order valence-corrected chi connectivity index (χ2v) is 8.00. The molecule has 1 amide bonds. The molecule has 0 unspecified atom stereocenters. The average Bonchev–Trinajstić information content (AvgIpc) is 2.48. The third-order valence-corrected chi connectivity index (χ3v) is 5.65. The molecule has 122 valence electrons. The van der Waals surface area contributed by atoms with Gasteiger partial charge in [0.2, 0.25) is 15.9 Å². The highest BCUT2D eigenvalue weighted by atomic mass is 79.9. The van der Waals surface area contributed by atoms with E-state index in [-0.39, 0.29) is 29.8 Å². The first-order valence-electron chi connectivity index (χ1n) is 7.17. The Kier molecular flexibility index (Phi) is 5.96. The quantitative estimate of drug-likeness (QED) is 0.787. The van der Waals surface area contributed by atoms with Crippen molar-refractivity contribution in [1.29, 1.82) is 0 Å². The van der Waals surface area contributed by atoms with Gasteiger partial charge in [-0.3, -0.25) is 4.79 Å². The van der Waals surface area contributed by atoms with Gasteiger partial charge in [0.05, 0.1) is 4.90 Å². The molecule has 0 bridgehead atoms. The molecule has 6 nitrogen and oxygen atoms in total. The summed E-state index contributed by atoms with van der Waals surface area (Å²) in [4.78, 5) is 14.0. The Morgan fingerprint density at radius 3 is 2.45 bits per heavy atom. The Morgan fingerprint density at radius 2 is 1.86 bits per heavy atom. The normalized spacial score (nSPS) is 16.7. The molecule has 0 radical (unpaired) electrons. The molecular formula is C14H20BrN3O3S. The molecular weight excluding hydrogens is 370 g/mol. The van der Waals surface area contributed by atoms with Crippen LogP contribution in [0.1, 0.15) is 19.3 Å². The number of rotatable bonds is 5. The van der Waals surface area contributed by atoms with Gasteiger partial charge >= 0.3 is 0 Å². The molecule has 1 aromatic rings. The number of halogens is 1. The van der Waals surface area contributed by atoms with Gasteiger partial charge in [0.25, 0.3) is 0 Å². The fourth-order valence-corrected chi connectivity index (χ4v) is 3.59. The summed E-state index contributed by atoms with van der Waals surface area (Å²) in [6, 6.07) is 6.52. The van der Waals surface area contributed by atoms with E-state index in [1.807, 2.05) is 0 Å². The fraction of sp³-hybridized carbons (Fsp3) is 0.500. The van der Waals surface area contributed by atoms with Gasteiger partial charge in [-0.25, -0.2) is 13.1 Å². The molecule has 1 saturated heterocycles. The number of piperidine rings is 1. The van der Waals surface area contributed by atoms with Crippen molar-refractivity contribution in [3.63, 3.8) is 0 Å². The first-order valence-corrected chi connectivity index (χ1v) is 9.45. The lowest BCUT2D eigenvalue weighted by Crippen LogP contribution is -2.43. The maximum Gasteiger partial charge on any atom is 0.240 e. The van der Waals surface area contributed by atoms with E-state index in [0.717, 1.165) is 17.3 Å². The molecule has 1 fully saturated rings. The Hall–Kier alpha value is -0.960. The predicted molar refractivity (Wildman–Crippen MR) is 87.7 cm³/mol. The molecule has 8 heteroatoms. The molecule has 0 atom stereocenters. The van der Waals surface area contributed by atoms with Crippen LogP contribution in [0.3, 0.4) is 0 Å². The van der Waals surface area contributed by atoms with Crippen LogP contribution in [0.4, 0.5) is 0 Å². The molecule has 0 saturated carbocycles. The van der Waals surface area contributed by atoms with Crippen LogP contribution in [0.15, 0.2) is 33.6 Å². The minimum Gasteiger partial charge on any atom is -0.343 e. The lowest BCUT2D eigenvalue weighted by molar-refractivity contribution is -0.132. The number of hydrogen-bond acceptors (Lipinski definition) is 4. The monoisotopic (exact) mass is 389 g/mol. The number of nitrogens with one attached hydrogen (secondary N) is 1. The Morgan fingerprint density at radius 1 is 1.27 bits per heavy atom. The zero-order valence-corrected chi connectivity index (χ0v) is 14.6. The molecule has 1 heterocycles. The highest BCUT2D eigenvalue weighted by Crippen LogP contribution is 2.14. The number of carbonyl (C=O) groups excluding carboxylic acids is 1. The van der Waals surface area contributed by atoms with Crippen molar-refractivity contribution in [2.45, 2.75) is 30.2 Å². The standard InChI is InChI=1S/C14H20BrN3O3S/c15-11-1-3-13(4-2-11)22(20,21)17-8-5-14(19)18-9-6-12(16)7-10-18/h1-4,12,17H,5-10,16H2. The largest absolute Gasteiger partial charge is 0.343 e. The zero-order valence-electron chi connectivity index (χ0n) is 12.2. The molecule has 0 aliphatic carbocycles. The molecule has 1 aromatic carbocycles. The summed E-state index contributed by atoms with van der Waals surface area (Å²) in [5.74, 6) is -0.0367. The second-order valence-electron chi connectivity index (χ2n) is 5.32. The summed E-state index contributed by atoms with van der Waals surface area (Å²) in [7, 11) is -3.57. The smallest absolute Gasteiger partial charge is 0.240 e. The van der Waals surface area contributed by atoms with E-state index in [1.165, 1.54) is 12.1 Å². The van der Waals surface area contributed by atoms with Crippen LogP contribution >= 0.6 is 15.9 Å². The minimum atomic E-state index is -3.57. The van der Waals surface area contributed by atoms with Crippen LogP contribution in [0, 0.1) is 0 Å². The van der Waals surface area contributed by atoms with Crippen LogP contribution in [-0.2, 0) is 14.8 Å². The summed E-state index contributed by atoms with van der Waals surface area (Å²) in [6.45, 7) is 1.40. The number of hydrogen-bond donors (Lipinski definition) is 2. The summed E-state index contributed by atoms with van der Waals surface area (Å²) in [6.07, 6.45) is 1.76. The van der Waals surface area contributed by atoms with Gasteiger partial charge in [-0.05, 0) is 37.1 Å². The molecule has 2 rings (SSSR count). The van der Waals surface area contributed by atoms with Crippen LogP contribution in [0.2, 0.25) is 0 Å². The summed E-state index contributed by atoms with van der Waals surface area (Å²) >= 11 is 3.26. The molecule has 22 heavy (non-hydrogen) atoms. The van der Waals surface area contributed by atoms with E-state index in [0.29, 0.717) is 13.1 Å². The van der Waals surface area contributed by atoms with Gasteiger partial charge in [-0.2, -0.15) is 0 Å². The number of benzene rings is 1. The number of carbonyl (C=O) groups is 1. The first-order chi connectivity index (χ1) is 10.4. The summed E-state index contributed by atoms with van der Waals surface area (Å²) in [5.41, 5.74) is 5.80. The van der Waals surface area contributed by atoms with E-state index in [2.05, 4.69) is 20.7 Å². The molecule has 1 aliphatic heterocycles. The third-order valence-electron chi connectivity index (χ3n) is 3.65. The van der Waals surface area contributed by atoms with Crippen LogP contribution in [0.25, 0.3) is 0 Å². The summed E-state index contributed by atoms with van der Waals surface area (Å²) in [5, 5.41) is 0. The van der Waals surface area contributed by atoms with Gasteiger partial charge in [0.1, 0.15) is 0 Å².